The second-order valence-electron chi connectivity index (χ2n) is 4.57. The zero-order chi connectivity index (χ0) is 11.1. The summed E-state index contributed by atoms with van der Waals surface area (Å²) in [6.07, 6.45) is 8.86. The summed E-state index contributed by atoms with van der Waals surface area (Å²) in [5.74, 6) is 2.35. The standard InChI is InChI=1S/C12H16N4/c1-8-10-11(13)14-6-7-16(10)12(15-8)9-4-2-3-5-9/h6-7,9H,2-5H2,1H3,(H2,13,14). The topological polar surface area (TPSA) is 56.2 Å². The molecule has 0 aliphatic heterocycles. The van der Waals surface area contributed by atoms with Gasteiger partial charge in [0.05, 0.1) is 5.69 Å². The van der Waals surface area contributed by atoms with Gasteiger partial charge in [0.2, 0.25) is 0 Å². The molecule has 16 heavy (non-hydrogen) atoms. The third-order valence-electron chi connectivity index (χ3n) is 3.50. The van der Waals surface area contributed by atoms with E-state index in [1.54, 1.807) is 6.20 Å². The first kappa shape index (κ1) is 9.63. The molecule has 1 aliphatic carbocycles. The Morgan fingerprint density at radius 3 is 2.88 bits per heavy atom. The number of anilines is 1. The van der Waals surface area contributed by atoms with Crippen LogP contribution < -0.4 is 5.73 Å². The lowest BCUT2D eigenvalue weighted by Gasteiger charge is -2.07. The molecule has 0 spiro atoms. The van der Waals surface area contributed by atoms with Gasteiger partial charge in [0.1, 0.15) is 17.2 Å². The highest BCUT2D eigenvalue weighted by molar-refractivity contribution is 5.68. The largest absolute Gasteiger partial charge is 0.382 e. The number of nitrogens with two attached hydrogens (primary N) is 1. The molecular formula is C12H16N4. The highest BCUT2D eigenvalue weighted by Gasteiger charge is 2.23. The van der Waals surface area contributed by atoms with E-state index in [1.165, 1.54) is 31.5 Å². The number of nitrogen functional groups attached to an aromatic ring is 1. The summed E-state index contributed by atoms with van der Waals surface area (Å²) in [6, 6.07) is 0. The summed E-state index contributed by atoms with van der Waals surface area (Å²) in [5.41, 5.74) is 7.87. The molecule has 84 valence electrons. The number of aryl methyl sites for hydroxylation is 1. The van der Waals surface area contributed by atoms with Crippen LogP contribution >= 0.6 is 0 Å². The van der Waals surface area contributed by atoms with Crippen LogP contribution in [0.3, 0.4) is 0 Å². The van der Waals surface area contributed by atoms with Gasteiger partial charge in [-0.15, -0.1) is 0 Å². The first-order valence-corrected chi connectivity index (χ1v) is 5.86. The number of nitrogens with zero attached hydrogens (tertiary/aromatic N) is 3. The van der Waals surface area contributed by atoms with Gasteiger partial charge in [-0.1, -0.05) is 12.8 Å². The van der Waals surface area contributed by atoms with E-state index in [2.05, 4.69) is 14.4 Å². The monoisotopic (exact) mass is 216 g/mol. The van der Waals surface area contributed by atoms with Gasteiger partial charge in [0, 0.05) is 18.3 Å². The third-order valence-corrected chi connectivity index (χ3v) is 3.50. The van der Waals surface area contributed by atoms with Gasteiger partial charge in [-0.25, -0.2) is 9.97 Å². The normalized spacial score (nSPS) is 17.3. The lowest BCUT2D eigenvalue weighted by Crippen LogP contribution is -2.01. The smallest absolute Gasteiger partial charge is 0.149 e. The van der Waals surface area contributed by atoms with Crippen molar-refractivity contribution in [2.24, 2.45) is 0 Å². The average molecular weight is 216 g/mol. The molecule has 0 atom stereocenters. The highest BCUT2D eigenvalue weighted by Crippen LogP contribution is 2.34. The zero-order valence-corrected chi connectivity index (χ0v) is 9.48. The molecule has 1 saturated carbocycles. The number of rotatable bonds is 1. The molecule has 2 aromatic rings. The van der Waals surface area contributed by atoms with Crippen LogP contribution in [0.4, 0.5) is 5.82 Å². The first-order valence-electron chi connectivity index (χ1n) is 5.86. The van der Waals surface area contributed by atoms with E-state index in [-0.39, 0.29) is 0 Å². The van der Waals surface area contributed by atoms with Crippen LogP contribution in [0.1, 0.15) is 43.1 Å². The van der Waals surface area contributed by atoms with Crippen LogP contribution in [0.15, 0.2) is 12.4 Å². The summed E-state index contributed by atoms with van der Waals surface area (Å²) < 4.78 is 2.12. The Kier molecular flexibility index (Phi) is 2.09. The van der Waals surface area contributed by atoms with Crippen molar-refractivity contribution >= 4 is 11.3 Å². The van der Waals surface area contributed by atoms with Gasteiger partial charge in [0.25, 0.3) is 0 Å². The molecule has 4 nitrogen and oxygen atoms in total. The number of hydrogen-bond acceptors (Lipinski definition) is 3. The second-order valence-corrected chi connectivity index (χ2v) is 4.57. The van der Waals surface area contributed by atoms with E-state index in [0.717, 1.165) is 11.2 Å². The highest BCUT2D eigenvalue weighted by atomic mass is 15.1. The van der Waals surface area contributed by atoms with Crippen molar-refractivity contribution in [3.05, 3.63) is 23.9 Å². The third kappa shape index (κ3) is 1.29. The Balaban J connectivity index is 2.22. The molecule has 0 radical (unpaired) electrons. The van der Waals surface area contributed by atoms with Gasteiger partial charge < -0.3 is 5.73 Å². The Hall–Kier alpha value is -1.58. The van der Waals surface area contributed by atoms with Crippen molar-refractivity contribution in [3.8, 4) is 0 Å². The summed E-state index contributed by atoms with van der Waals surface area (Å²) in [6.45, 7) is 2.01. The molecule has 2 N–H and O–H groups in total. The molecule has 0 bridgehead atoms. The van der Waals surface area contributed by atoms with Gasteiger partial charge in [-0.05, 0) is 19.8 Å². The fourth-order valence-electron chi connectivity index (χ4n) is 2.74. The molecule has 2 aromatic heterocycles. The molecule has 1 aliphatic rings. The van der Waals surface area contributed by atoms with Gasteiger partial charge in [-0.3, -0.25) is 4.40 Å². The summed E-state index contributed by atoms with van der Waals surface area (Å²) in [5, 5.41) is 0. The van der Waals surface area contributed by atoms with Crippen molar-refractivity contribution in [1.82, 2.24) is 14.4 Å². The van der Waals surface area contributed by atoms with E-state index in [0.29, 0.717) is 11.7 Å². The number of fused-ring (bicyclic) bond motifs is 1. The predicted molar refractivity (Wildman–Crippen MR) is 63.3 cm³/mol. The minimum absolute atomic E-state index is 0.580. The van der Waals surface area contributed by atoms with Gasteiger partial charge >= 0.3 is 0 Å². The quantitative estimate of drug-likeness (QED) is 0.795. The molecule has 0 amide bonds. The number of aromatic nitrogens is 3. The Bertz CT molecular complexity index is 523. The van der Waals surface area contributed by atoms with Gasteiger partial charge in [-0.2, -0.15) is 0 Å². The van der Waals surface area contributed by atoms with Crippen LogP contribution in [-0.2, 0) is 0 Å². The van der Waals surface area contributed by atoms with Crippen LogP contribution in [0.5, 0.6) is 0 Å². The van der Waals surface area contributed by atoms with Crippen molar-refractivity contribution in [3.63, 3.8) is 0 Å². The van der Waals surface area contributed by atoms with Crippen LogP contribution in [-0.4, -0.2) is 14.4 Å². The molecule has 0 aromatic carbocycles. The van der Waals surface area contributed by atoms with Crippen molar-refractivity contribution in [2.45, 2.75) is 38.5 Å². The molecule has 0 unspecified atom stereocenters. The maximum absolute atomic E-state index is 5.90. The fourth-order valence-corrected chi connectivity index (χ4v) is 2.74. The Morgan fingerprint density at radius 1 is 1.38 bits per heavy atom. The lowest BCUT2D eigenvalue weighted by atomic mass is 10.1. The Morgan fingerprint density at radius 2 is 2.12 bits per heavy atom. The maximum Gasteiger partial charge on any atom is 0.149 e. The Labute approximate surface area is 94.5 Å². The predicted octanol–water partition coefficient (Wildman–Crippen LogP) is 2.28. The second kappa shape index (κ2) is 3.47. The first-order chi connectivity index (χ1) is 7.77. The lowest BCUT2D eigenvalue weighted by molar-refractivity contribution is 0.663. The SMILES string of the molecule is Cc1nc(C2CCCC2)n2ccnc(N)c12. The zero-order valence-electron chi connectivity index (χ0n) is 9.48. The fraction of sp³-hybridized carbons (Fsp3) is 0.500. The maximum atomic E-state index is 5.90. The number of hydrogen-bond donors (Lipinski definition) is 1. The average Bonchev–Trinajstić information content (AvgIpc) is 2.86. The molecule has 2 heterocycles. The number of imidazole rings is 1. The molecule has 4 heteroatoms. The summed E-state index contributed by atoms with van der Waals surface area (Å²) >= 11 is 0. The van der Waals surface area contributed by atoms with Crippen molar-refractivity contribution in [2.75, 3.05) is 5.73 Å². The van der Waals surface area contributed by atoms with Gasteiger partial charge in [0.15, 0.2) is 0 Å². The molecule has 1 fully saturated rings. The van der Waals surface area contributed by atoms with Crippen LogP contribution in [0, 0.1) is 6.92 Å². The summed E-state index contributed by atoms with van der Waals surface area (Å²) in [4.78, 5) is 8.80. The van der Waals surface area contributed by atoms with E-state index in [4.69, 9.17) is 5.73 Å². The van der Waals surface area contributed by atoms with E-state index in [1.807, 2.05) is 13.1 Å². The summed E-state index contributed by atoms with van der Waals surface area (Å²) in [7, 11) is 0. The van der Waals surface area contributed by atoms with E-state index >= 15 is 0 Å². The minimum Gasteiger partial charge on any atom is -0.382 e. The van der Waals surface area contributed by atoms with Crippen molar-refractivity contribution < 1.29 is 0 Å². The van der Waals surface area contributed by atoms with E-state index < -0.39 is 0 Å². The molecular weight excluding hydrogens is 200 g/mol. The molecule has 0 saturated heterocycles. The van der Waals surface area contributed by atoms with Crippen LogP contribution in [0.25, 0.3) is 5.52 Å². The van der Waals surface area contributed by atoms with Crippen LogP contribution in [0.2, 0.25) is 0 Å². The molecule has 3 rings (SSSR count). The minimum atomic E-state index is 0.580. The van der Waals surface area contributed by atoms with Crippen molar-refractivity contribution in [1.29, 1.82) is 0 Å². The van der Waals surface area contributed by atoms with E-state index in [9.17, 15) is 0 Å².